The van der Waals surface area contributed by atoms with Gasteiger partial charge in [0, 0.05) is 11.5 Å². The molecular weight excluding hydrogens is 258 g/mol. The van der Waals surface area contributed by atoms with Crippen molar-refractivity contribution in [2.24, 2.45) is 7.05 Å². The van der Waals surface area contributed by atoms with Crippen molar-refractivity contribution in [2.45, 2.75) is 0 Å². The molecule has 5 heteroatoms. The van der Waals surface area contributed by atoms with Gasteiger partial charge in [0.2, 0.25) is 0 Å². The van der Waals surface area contributed by atoms with E-state index in [2.05, 4.69) is 26.1 Å². The van der Waals surface area contributed by atoms with Crippen molar-refractivity contribution in [2.75, 3.05) is 7.11 Å². The zero-order chi connectivity index (χ0) is 10.8. The summed E-state index contributed by atoms with van der Waals surface area (Å²) in [7, 11) is 3.54. The SMILES string of the molecule is COc1ccc(Br)cc1-c1nncn1C. The number of nitrogens with zero attached hydrogens (tertiary/aromatic N) is 3. The van der Waals surface area contributed by atoms with Gasteiger partial charge >= 0.3 is 0 Å². The van der Waals surface area contributed by atoms with Crippen molar-refractivity contribution in [3.63, 3.8) is 0 Å². The molecule has 0 radical (unpaired) electrons. The average Bonchev–Trinajstić information content (AvgIpc) is 2.64. The minimum atomic E-state index is 0.785. The first-order valence-corrected chi connectivity index (χ1v) is 5.19. The van der Waals surface area contributed by atoms with Crippen molar-refractivity contribution in [1.82, 2.24) is 14.8 Å². The third-order valence-corrected chi connectivity index (χ3v) is 2.61. The molecule has 0 saturated heterocycles. The number of rotatable bonds is 2. The number of aryl methyl sites for hydroxylation is 1. The Hall–Kier alpha value is -1.36. The van der Waals surface area contributed by atoms with Crippen molar-refractivity contribution in [1.29, 1.82) is 0 Å². The summed E-state index contributed by atoms with van der Waals surface area (Å²) in [6.45, 7) is 0. The van der Waals surface area contributed by atoms with Crippen molar-refractivity contribution in [3.8, 4) is 17.1 Å². The number of hydrogen-bond acceptors (Lipinski definition) is 3. The summed E-state index contributed by atoms with van der Waals surface area (Å²) in [4.78, 5) is 0. The summed E-state index contributed by atoms with van der Waals surface area (Å²) in [5.41, 5.74) is 0.923. The fourth-order valence-electron chi connectivity index (χ4n) is 1.38. The Balaban J connectivity index is 2.60. The van der Waals surface area contributed by atoms with Gasteiger partial charge in [0.25, 0.3) is 0 Å². The Morgan fingerprint density at radius 1 is 1.40 bits per heavy atom. The van der Waals surface area contributed by atoms with E-state index in [4.69, 9.17) is 4.74 Å². The van der Waals surface area contributed by atoms with Crippen LogP contribution in [0.4, 0.5) is 0 Å². The van der Waals surface area contributed by atoms with Crippen LogP contribution in [0.5, 0.6) is 5.75 Å². The van der Waals surface area contributed by atoms with Gasteiger partial charge in [-0.05, 0) is 18.2 Å². The topological polar surface area (TPSA) is 39.9 Å². The molecule has 0 spiro atoms. The molecule has 2 aromatic rings. The third-order valence-electron chi connectivity index (χ3n) is 2.11. The molecule has 1 aromatic carbocycles. The van der Waals surface area contributed by atoms with Crippen molar-refractivity contribution >= 4 is 15.9 Å². The van der Waals surface area contributed by atoms with Gasteiger partial charge < -0.3 is 9.30 Å². The first-order chi connectivity index (χ1) is 7.22. The molecule has 0 fully saturated rings. The highest BCUT2D eigenvalue weighted by molar-refractivity contribution is 9.10. The lowest BCUT2D eigenvalue weighted by Gasteiger charge is -2.07. The van der Waals surface area contributed by atoms with E-state index in [1.807, 2.05) is 29.8 Å². The number of ether oxygens (including phenoxy) is 1. The maximum absolute atomic E-state index is 5.28. The van der Waals surface area contributed by atoms with Crippen LogP contribution in [0.1, 0.15) is 0 Å². The zero-order valence-corrected chi connectivity index (χ0v) is 10.0. The molecular formula is C10H10BrN3O. The molecule has 0 saturated carbocycles. The van der Waals surface area contributed by atoms with Gasteiger partial charge in [0.05, 0.1) is 12.7 Å². The van der Waals surface area contributed by atoms with Gasteiger partial charge in [-0.25, -0.2) is 0 Å². The maximum Gasteiger partial charge on any atom is 0.167 e. The molecule has 0 atom stereocenters. The van der Waals surface area contributed by atoms with Crippen LogP contribution in [0, 0.1) is 0 Å². The molecule has 0 bridgehead atoms. The molecule has 0 amide bonds. The van der Waals surface area contributed by atoms with Crippen molar-refractivity contribution < 1.29 is 4.74 Å². The Morgan fingerprint density at radius 2 is 2.20 bits per heavy atom. The highest BCUT2D eigenvalue weighted by Gasteiger charge is 2.11. The molecule has 0 unspecified atom stereocenters. The highest BCUT2D eigenvalue weighted by atomic mass is 79.9. The second-order valence-corrected chi connectivity index (χ2v) is 4.03. The van der Waals surface area contributed by atoms with Gasteiger partial charge in [-0.15, -0.1) is 10.2 Å². The average molecular weight is 268 g/mol. The lowest BCUT2D eigenvalue weighted by Crippen LogP contribution is -1.94. The number of methoxy groups -OCH3 is 1. The lowest BCUT2D eigenvalue weighted by molar-refractivity contribution is 0.416. The van der Waals surface area contributed by atoms with E-state index in [1.54, 1.807) is 13.4 Å². The molecule has 4 nitrogen and oxygen atoms in total. The first-order valence-electron chi connectivity index (χ1n) is 4.40. The van der Waals surface area contributed by atoms with Crippen LogP contribution in [0.25, 0.3) is 11.4 Å². The number of halogens is 1. The standard InChI is InChI=1S/C10H10BrN3O/c1-14-6-12-13-10(14)8-5-7(11)3-4-9(8)15-2/h3-6H,1-2H3. The van der Waals surface area contributed by atoms with Crippen LogP contribution in [-0.2, 0) is 7.05 Å². The Bertz CT molecular complexity index is 481. The molecule has 15 heavy (non-hydrogen) atoms. The normalized spacial score (nSPS) is 10.3. The highest BCUT2D eigenvalue weighted by Crippen LogP contribution is 2.30. The van der Waals surface area contributed by atoms with E-state index in [1.165, 1.54) is 0 Å². The van der Waals surface area contributed by atoms with Crippen LogP contribution in [0.2, 0.25) is 0 Å². The summed E-state index contributed by atoms with van der Waals surface area (Å²) in [5.74, 6) is 1.57. The summed E-state index contributed by atoms with van der Waals surface area (Å²) in [6.07, 6.45) is 1.66. The van der Waals surface area contributed by atoms with Crippen LogP contribution in [0.15, 0.2) is 29.0 Å². The summed E-state index contributed by atoms with van der Waals surface area (Å²) < 4.78 is 8.12. The van der Waals surface area contributed by atoms with E-state index in [-0.39, 0.29) is 0 Å². The molecule has 1 aromatic heterocycles. The quantitative estimate of drug-likeness (QED) is 0.838. The Morgan fingerprint density at radius 3 is 2.80 bits per heavy atom. The second kappa shape index (κ2) is 4.02. The Labute approximate surface area is 96.0 Å². The first kappa shape index (κ1) is 10.2. The van der Waals surface area contributed by atoms with Crippen molar-refractivity contribution in [3.05, 3.63) is 29.0 Å². The fourth-order valence-corrected chi connectivity index (χ4v) is 1.74. The molecule has 0 aliphatic heterocycles. The minimum absolute atomic E-state index is 0.785. The summed E-state index contributed by atoms with van der Waals surface area (Å²) in [6, 6.07) is 5.79. The van der Waals surface area contributed by atoms with Crippen LogP contribution >= 0.6 is 15.9 Å². The minimum Gasteiger partial charge on any atom is -0.496 e. The fraction of sp³-hybridized carbons (Fsp3) is 0.200. The van der Waals surface area contributed by atoms with Crippen LogP contribution < -0.4 is 4.74 Å². The van der Waals surface area contributed by atoms with Crippen LogP contribution in [-0.4, -0.2) is 21.9 Å². The van der Waals surface area contributed by atoms with E-state index < -0.39 is 0 Å². The molecule has 0 N–H and O–H groups in total. The molecule has 0 aliphatic carbocycles. The number of hydrogen-bond donors (Lipinski definition) is 0. The predicted octanol–water partition coefficient (Wildman–Crippen LogP) is 2.25. The summed E-state index contributed by atoms with van der Waals surface area (Å²) >= 11 is 3.42. The van der Waals surface area contributed by atoms with Crippen LogP contribution in [0.3, 0.4) is 0 Å². The zero-order valence-electron chi connectivity index (χ0n) is 8.44. The largest absolute Gasteiger partial charge is 0.496 e. The maximum atomic E-state index is 5.28. The third kappa shape index (κ3) is 1.87. The predicted molar refractivity (Wildman–Crippen MR) is 60.7 cm³/mol. The van der Waals surface area contributed by atoms with E-state index in [0.29, 0.717) is 0 Å². The van der Waals surface area contributed by atoms with Gasteiger partial charge in [0.1, 0.15) is 12.1 Å². The van der Waals surface area contributed by atoms with Gasteiger partial charge in [0.15, 0.2) is 5.82 Å². The van der Waals surface area contributed by atoms with E-state index in [0.717, 1.165) is 21.6 Å². The number of benzene rings is 1. The van der Waals surface area contributed by atoms with E-state index in [9.17, 15) is 0 Å². The van der Waals surface area contributed by atoms with Gasteiger partial charge in [-0.3, -0.25) is 0 Å². The number of aromatic nitrogens is 3. The monoisotopic (exact) mass is 267 g/mol. The van der Waals surface area contributed by atoms with Gasteiger partial charge in [-0.1, -0.05) is 15.9 Å². The smallest absolute Gasteiger partial charge is 0.167 e. The molecule has 0 aliphatic rings. The Kier molecular flexibility index (Phi) is 2.73. The molecule has 78 valence electrons. The summed E-state index contributed by atoms with van der Waals surface area (Å²) in [5, 5.41) is 7.89. The molecule has 2 rings (SSSR count). The lowest BCUT2D eigenvalue weighted by atomic mass is 10.2. The van der Waals surface area contributed by atoms with E-state index >= 15 is 0 Å². The molecule has 1 heterocycles. The second-order valence-electron chi connectivity index (χ2n) is 3.11. The van der Waals surface area contributed by atoms with Gasteiger partial charge in [-0.2, -0.15) is 0 Å².